The lowest BCUT2D eigenvalue weighted by molar-refractivity contribution is 0.398. The molecule has 2 rings (SSSR count). The maximum absolute atomic E-state index is 12.6. The van der Waals surface area contributed by atoms with Crippen molar-refractivity contribution in [3.8, 4) is 0 Å². The first-order chi connectivity index (χ1) is 9.84. The second-order valence-electron chi connectivity index (χ2n) is 4.53. The van der Waals surface area contributed by atoms with Crippen molar-refractivity contribution in [1.82, 2.24) is 9.29 Å². The smallest absolute Gasteiger partial charge is 0.243 e. The minimum absolute atomic E-state index is 0.101. The van der Waals surface area contributed by atoms with Crippen LogP contribution < -0.4 is 0 Å². The van der Waals surface area contributed by atoms with Gasteiger partial charge in [-0.1, -0.05) is 41.4 Å². The fraction of sp³-hybridized carbons (Fsp3) is 0.214. The van der Waals surface area contributed by atoms with Gasteiger partial charge in [0.25, 0.3) is 0 Å². The molecule has 1 aromatic carbocycles. The molecule has 0 aliphatic rings. The Balaban J connectivity index is 2.39. The van der Waals surface area contributed by atoms with Gasteiger partial charge in [-0.25, -0.2) is 13.4 Å². The molecule has 1 unspecified atom stereocenters. The van der Waals surface area contributed by atoms with E-state index in [4.69, 9.17) is 23.2 Å². The average Bonchev–Trinajstić information content (AvgIpc) is 2.46. The Morgan fingerprint density at radius 3 is 2.48 bits per heavy atom. The quantitative estimate of drug-likeness (QED) is 0.793. The maximum Gasteiger partial charge on any atom is 0.243 e. The van der Waals surface area contributed by atoms with E-state index >= 15 is 0 Å². The van der Waals surface area contributed by atoms with Crippen LogP contribution in [0.1, 0.15) is 18.5 Å². The Morgan fingerprint density at radius 1 is 1.19 bits per heavy atom. The average molecular weight is 345 g/mol. The van der Waals surface area contributed by atoms with Gasteiger partial charge in [-0.15, -0.1) is 0 Å². The standard InChI is InChI=1S/C14H14Cl2N2O2S/c1-10(12-5-3-4-6-13(12)15)18(2)21(19,20)11-7-8-17-14(16)9-11/h3-10H,1-2H3. The summed E-state index contributed by atoms with van der Waals surface area (Å²) in [6.07, 6.45) is 1.36. The zero-order valence-corrected chi connectivity index (χ0v) is 13.8. The molecule has 0 fully saturated rings. The second kappa shape index (κ2) is 6.32. The lowest BCUT2D eigenvalue weighted by Crippen LogP contribution is -2.30. The zero-order valence-electron chi connectivity index (χ0n) is 11.5. The zero-order chi connectivity index (χ0) is 15.6. The third-order valence-electron chi connectivity index (χ3n) is 3.28. The van der Waals surface area contributed by atoms with Gasteiger partial charge in [0.2, 0.25) is 10.0 Å². The van der Waals surface area contributed by atoms with E-state index < -0.39 is 16.1 Å². The van der Waals surface area contributed by atoms with Crippen LogP contribution in [0.15, 0.2) is 47.5 Å². The first-order valence-corrected chi connectivity index (χ1v) is 8.37. The van der Waals surface area contributed by atoms with Gasteiger partial charge in [0.05, 0.1) is 4.90 Å². The van der Waals surface area contributed by atoms with Gasteiger partial charge in [0, 0.05) is 24.3 Å². The summed E-state index contributed by atoms with van der Waals surface area (Å²) in [4.78, 5) is 3.89. The molecule has 0 saturated heterocycles. The Morgan fingerprint density at radius 2 is 1.86 bits per heavy atom. The number of halogens is 2. The van der Waals surface area contributed by atoms with Crippen molar-refractivity contribution in [2.24, 2.45) is 0 Å². The number of aromatic nitrogens is 1. The molecule has 0 aliphatic heterocycles. The Labute approximate surface area is 134 Å². The van der Waals surface area contributed by atoms with Crippen molar-refractivity contribution in [3.63, 3.8) is 0 Å². The first kappa shape index (κ1) is 16.2. The number of rotatable bonds is 4. The van der Waals surface area contributed by atoms with Gasteiger partial charge >= 0.3 is 0 Å². The van der Waals surface area contributed by atoms with Crippen molar-refractivity contribution in [2.45, 2.75) is 17.9 Å². The van der Waals surface area contributed by atoms with E-state index in [0.29, 0.717) is 5.02 Å². The highest BCUT2D eigenvalue weighted by Gasteiger charge is 2.27. The molecule has 0 bridgehead atoms. The molecule has 7 heteroatoms. The van der Waals surface area contributed by atoms with Crippen molar-refractivity contribution in [2.75, 3.05) is 7.05 Å². The number of hydrogen-bond donors (Lipinski definition) is 0. The van der Waals surface area contributed by atoms with E-state index in [-0.39, 0.29) is 10.0 Å². The molecule has 0 amide bonds. The van der Waals surface area contributed by atoms with Crippen LogP contribution in [0.3, 0.4) is 0 Å². The molecular formula is C14H14Cl2N2O2S. The third-order valence-corrected chi connectivity index (χ3v) is 5.75. The highest BCUT2D eigenvalue weighted by atomic mass is 35.5. The number of nitrogens with zero attached hydrogens (tertiary/aromatic N) is 2. The van der Waals surface area contributed by atoms with E-state index in [2.05, 4.69) is 4.98 Å². The van der Waals surface area contributed by atoms with E-state index in [1.165, 1.54) is 29.7 Å². The largest absolute Gasteiger partial charge is 0.244 e. The van der Waals surface area contributed by atoms with Crippen LogP contribution >= 0.6 is 23.2 Å². The monoisotopic (exact) mass is 344 g/mol. The molecule has 2 aromatic rings. The minimum Gasteiger partial charge on any atom is -0.244 e. The van der Waals surface area contributed by atoms with Crippen LogP contribution in [0.5, 0.6) is 0 Å². The number of pyridine rings is 1. The third kappa shape index (κ3) is 3.37. The molecule has 112 valence electrons. The summed E-state index contributed by atoms with van der Waals surface area (Å²) in [5.74, 6) is 0. The molecule has 1 aromatic heterocycles. The van der Waals surface area contributed by atoms with Crippen LogP contribution in [0.4, 0.5) is 0 Å². The highest BCUT2D eigenvalue weighted by Crippen LogP contribution is 2.30. The summed E-state index contributed by atoms with van der Waals surface area (Å²) in [7, 11) is -2.16. The van der Waals surface area contributed by atoms with Crippen LogP contribution in [0.25, 0.3) is 0 Å². The molecule has 0 radical (unpaired) electrons. The maximum atomic E-state index is 12.6. The van der Waals surface area contributed by atoms with Gasteiger partial charge < -0.3 is 0 Å². The second-order valence-corrected chi connectivity index (χ2v) is 7.32. The van der Waals surface area contributed by atoms with Crippen LogP contribution in [-0.2, 0) is 10.0 Å². The summed E-state index contributed by atoms with van der Waals surface area (Å²) in [5.41, 5.74) is 0.741. The van der Waals surface area contributed by atoms with E-state index in [0.717, 1.165) is 5.56 Å². The van der Waals surface area contributed by atoms with Gasteiger partial charge in [-0.3, -0.25) is 0 Å². The Hall–Kier alpha value is -1.14. The van der Waals surface area contributed by atoms with Crippen molar-refractivity contribution in [1.29, 1.82) is 0 Å². The molecule has 0 N–H and O–H groups in total. The summed E-state index contributed by atoms with van der Waals surface area (Å²) in [5, 5.41) is 0.662. The number of benzene rings is 1. The van der Waals surface area contributed by atoms with E-state index in [9.17, 15) is 8.42 Å². The summed E-state index contributed by atoms with van der Waals surface area (Å²) >= 11 is 11.9. The lowest BCUT2D eigenvalue weighted by Gasteiger charge is -2.25. The van der Waals surface area contributed by atoms with E-state index in [1.807, 2.05) is 6.07 Å². The highest BCUT2D eigenvalue weighted by molar-refractivity contribution is 7.89. The van der Waals surface area contributed by atoms with E-state index in [1.54, 1.807) is 25.1 Å². The fourth-order valence-corrected chi connectivity index (χ4v) is 3.82. The molecule has 1 heterocycles. The van der Waals surface area contributed by atoms with Crippen LogP contribution in [-0.4, -0.2) is 24.8 Å². The summed E-state index contributed by atoms with van der Waals surface area (Å²) in [6, 6.07) is 9.49. The van der Waals surface area contributed by atoms with Gasteiger partial charge in [-0.2, -0.15) is 4.31 Å². The Kier molecular flexibility index (Phi) is 4.88. The molecule has 1 atom stereocenters. The predicted octanol–water partition coefficient (Wildman–Crippen LogP) is 3.77. The summed E-state index contributed by atoms with van der Waals surface area (Å²) in [6.45, 7) is 1.78. The first-order valence-electron chi connectivity index (χ1n) is 6.18. The van der Waals surface area contributed by atoms with Gasteiger partial charge in [0.1, 0.15) is 5.15 Å². The van der Waals surface area contributed by atoms with Crippen molar-refractivity contribution >= 4 is 33.2 Å². The normalized spacial score (nSPS) is 13.4. The minimum atomic E-state index is -3.68. The lowest BCUT2D eigenvalue weighted by atomic mass is 10.1. The molecule has 0 saturated carbocycles. The topological polar surface area (TPSA) is 50.3 Å². The summed E-state index contributed by atoms with van der Waals surface area (Å²) < 4.78 is 26.5. The predicted molar refractivity (Wildman–Crippen MR) is 84.1 cm³/mol. The van der Waals surface area contributed by atoms with Gasteiger partial charge in [-0.05, 0) is 30.7 Å². The SMILES string of the molecule is CC(c1ccccc1Cl)N(C)S(=O)(=O)c1ccnc(Cl)c1. The van der Waals surface area contributed by atoms with Gasteiger partial charge in [0.15, 0.2) is 0 Å². The Bertz CT molecular complexity index is 750. The van der Waals surface area contributed by atoms with Crippen LogP contribution in [0.2, 0.25) is 10.2 Å². The molecule has 0 aliphatic carbocycles. The van der Waals surface area contributed by atoms with Crippen molar-refractivity contribution in [3.05, 3.63) is 58.3 Å². The fourth-order valence-electron chi connectivity index (χ4n) is 1.93. The number of sulfonamides is 1. The molecule has 0 spiro atoms. The van der Waals surface area contributed by atoms with Crippen molar-refractivity contribution < 1.29 is 8.42 Å². The molecule has 21 heavy (non-hydrogen) atoms. The van der Waals surface area contributed by atoms with Crippen LogP contribution in [0, 0.1) is 0 Å². The molecule has 4 nitrogen and oxygen atoms in total. The number of hydrogen-bond acceptors (Lipinski definition) is 3. The molecular weight excluding hydrogens is 331 g/mol.